The van der Waals surface area contributed by atoms with Crippen molar-refractivity contribution < 1.29 is 0 Å². The van der Waals surface area contributed by atoms with Crippen LogP contribution in [0, 0.1) is 5.41 Å². The molecule has 0 saturated carbocycles. The molecule has 76 valence electrons. The molecule has 0 saturated heterocycles. The number of hydrogen-bond acceptors (Lipinski definition) is 3. The first kappa shape index (κ1) is 11.0. The van der Waals surface area contributed by atoms with Gasteiger partial charge >= 0.3 is 0 Å². The lowest BCUT2D eigenvalue weighted by Gasteiger charge is -2.00. The average Bonchev–Trinajstić information content (AvgIpc) is 2.18. The van der Waals surface area contributed by atoms with Crippen molar-refractivity contribution in [3.8, 4) is 0 Å². The number of hydrogen-bond donors (Lipinski definition) is 2. The van der Waals surface area contributed by atoms with Gasteiger partial charge in [0.1, 0.15) is 0 Å². The van der Waals surface area contributed by atoms with Crippen LogP contribution in [-0.2, 0) is 0 Å². The Morgan fingerprint density at radius 2 is 2.07 bits per heavy atom. The molecule has 3 nitrogen and oxygen atoms in total. The van der Waals surface area contributed by atoms with Gasteiger partial charge in [0.05, 0.1) is 5.84 Å². The maximum Gasteiger partial charge on any atom is 0.0905 e. The minimum absolute atomic E-state index is 0.291. The number of amidine groups is 1. The van der Waals surface area contributed by atoms with Gasteiger partial charge in [0.2, 0.25) is 0 Å². The lowest BCUT2D eigenvalue weighted by Crippen LogP contribution is -2.08. The van der Waals surface area contributed by atoms with Gasteiger partial charge in [0.15, 0.2) is 0 Å². The fourth-order valence-corrected chi connectivity index (χ4v) is 1.94. The normalized spacial score (nSPS) is 10.0. The van der Waals surface area contributed by atoms with Crippen molar-refractivity contribution in [3.63, 3.8) is 0 Å². The lowest BCUT2D eigenvalue weighted by molar-refractivity contribution is 0.837. The zero-order valence-corrected chi connectivity index (χ0v) is 8.89. The minimum Gasteiger partial charge on any atom is -0.388 e. The van der Waals surface area contributed by atoms with Crippen LogP contribution in [0.5, 0.6) is 0 Å². The Labute approximate surface area is 88.6 Å². The number of pyridine rings is 1. The molecule has 0 bridgehead atoms. The molecule has 0 amide bonds. The number of nitrogens with two attached hydrogens (primary N) is 1. The third kappa shape index (κ3) is 4.87. The summed E-state index contributed by atoms with van der Waals surface area (Å²) in [5.74, 6) is 1.37. The molecule has 0 aliphatic rings. The first-order valence-electron chi connectivity index (χ1n) is 4.65. The molecule has 0 aromatic carbocycles. The Morgan fingerprint density at radius 3 is 2.71 bits per heavy atom. The molecule has 0 aliphatic heterocycles. The van der Waals surface area contributed by atoms with Crippen LogP contribution in [0.15, 0.2) is 29.4 Å². The SMILES string of the molecule is N=C(N)CCCCSc1ccncc1. The second kappa shape index (κ2) is 6.43. The highest BCUT2D eigenvalue weighted by molar-refractivity contribution is 7.99. The molecule has 1 aromatic heterocycles. The van der Waals surface area contributed by atoms with Gasteiger partial charge in [-0.1, -0.05) is 0 Å². The van der Waals surface area contributed by atoms with Crippen molar-refractivity contribution in [2.24, 2.45) is 5.73 Å². The Morgan fingerprint density at radius 1 is 1.36 bits per heavy atom. The van der Waals surface area contributed by atoms with Crippen LogP contribution in [0.1, 0.15) is 19.3 Å². The quantitative estimate of drug-likeness (QED) is 0.327. The third-order valence-electron chi connectivity index (χ3n) is 1.76. The number of aromatic nitrogens is 1. The van der Waals surface area contributed by atoms with E-state index in [1.807, 2.05) is 23.9 Å². The number of unbranched alkanes of at least 4 members (excludes halogenated alkanes) is 1. The van der Waals surface area contributed by atoms with E-state index in [0.29, 0.717) is 5.84 Å². The van der Waals surface area contributed by atoms with Gasteiger partial charge in [-0.2, -0.15) is 0 Å². The lowest BCUT2D eigenvalue weighted by atomic mass is 10.2. The highest BCUT2D eigenvalue weighted by Crippen LogP contribution is 2.17. The molecule has 3 N–H and O–H groups in total. The van der Waals surface area contributed by atoms with Crippen molar-refractivity contribution >= 4 is 17.6 Å². The highest BCUT2D eigenvalue weighted by atomic mass is 32.2. The highest BCUT2D eigenvalue weighted by Gasteiger charge is 1.94. The van der Waals surface area contributed by atoms with E-state index in [4.69, 9.17) is 11.1 Å². The van der Waals surface area contributed by atoms with Gasteiger partial charge in [-0.3, -0.25) is 10.4 Å². The maximum atomic E-state index is 7.06. The zero-order valence-electron chi connectivity index (χ0n) is 8.07. The van der Waals surface area contributed by atoms with E-state index < -0.39 is 0 Å². The molecular formula is C10H15N3S. The van der Waals surface area contributed by atoms with Crippen molar-refractivity contribution in [1.29, 1.82) is 5.41 Å². The zero-order chi connectivity index (χ0) is 10.2. The molecule has 0 aliphatic carbocycles. The summed E-state index contributed by atoms with van der Waals surface area (Å²) in [5, 5.41) is 7.06. The molecular weight excluding hydrogens is 194 g/mol. The van der Waals surface area contributed by atoms with E-state index in [9.17, 15) is 0 Å². The molecule has 0 spiro atoms. The van der Waals surface area contributed by atoms with Crippen molar-refractivity contribution in [2.75, 3.05) is 5.75 Å². The second-order valence-corrected chi connectivity index (χ2v) is 4.18. The molecule has 0 atom stereocenters. The fraction of sp³-hybridized carbons (Fsp3) is 0.400. The summed E-state index contributed by atoms with van der Waals surface area (Å²) in [7, 11) is 0. The second-order valence-electron chi connectivity index (χ2n) is 3.01. The smallest absolute Gasteiger partial charge is 0.0905 e. The largest absolute Gasteiger partial charge is 0.388 e. The van der Waals surface area contributed by atoms with Gasteiger partial charge in [-0.25, -0.2) is 0 Å². The Hall–Kier alpha value is -1.03. The first-order chi connectivity index (χ1) is 6.79. The minimum atomic E-state index is 0.291. The van der Waals surface area contributed by atoms with E-state index in [2.05, 4.69) is 4.98 Å². The third-order valence-corrected chi connectivity index (χ3v) is 2.86. The van der Waals surface area contributed by atoms with Crippen LogP contribution < -0.4 is 5.73 Å². The van der Waals surface area contributed by atoms with E-state index in [0.717, 1.165) is 25.0 Å². The van der Waals surface area contributed by atoms with Gasteiger partial charge in [-0.15, -0.1) is 11.8 Å². The summed E-state index contributed by atoms with van der Waals surface area (Å²) in [6.07, 6.45) is 6.44. The number of nitrogens with zero attached hydrogens (tertiary/aromatic N) is 1. The Bertz CT molecular complexity index is 274. The van der Waals surface area contributed by atoms with Gasteiger partial charge in [0, 0.05) is 23.7 Å². The van der Waals surface area contributed by atoms with Crippen molar-refractivity contribution in [2.45, 2.75) is 24.2 Å². The van der Waals surface area contributed by atoms with E-state index in [1.54, 1.807) is 12.4 Å². The summed E-state index contributed by atoms with van der Waals surface area (Å²) < 4.78 is 0. The molecule has 0 radical (unpaired) electrons. The molecule has 0 unspecified atom stereocenters. The Balaban J connectivity index is 2.08. The Kier molecular flexibility index (Phi) is 5.07. The molecule has 4 heteroatoms. The average molecular weight is 209 g/mol. The molecule has 0 fully saturated rings. The summed E-state index contributed by atoms with van der Waals surface area (Å²) in [4.78, 5) is 5.21. The molecule has 14 heavy (non-hydrogen) atoms. The van der Waals surface area contributed by atoms with Crippen LogP contribution in [0.4, 0.5) is 0 Å². The summed E-state index contributed by atoms with van der Waals surface area (Å²) in [5.41, 5.74) is 5.25. The van der Waals surface area contributed by atoms with E-state index in [1.165, 1.54) is 4.90 Å². The summed E-state index contributed by atoms with van der Waals surface area (Å²) >= 11 is 1.82. The van der Waals surface area contributed by atoms with Crippen LogP contribution >= 0.6 is 11.8 Å². The number of nitrogens with one attached hydrogen (secondary N) is 1. The van der Waals surface area contributed by atoms with Crippen LogP contribution in [-0.4, -0.2) is 16.6 Å². The maximum absolute atomic E-state index is 7.06. The predicted molar refractivity (Wildman–Crippen MR) is 60.7 cm³/mol. The molecule has 1 aromatic rings. The fourth-order valence-electron chi connectivity index (χ4n) is 1.04. The topological polar surface area (TPSA) is 62.8 Å². The standard InChI is InChI=1S/C10H15N3S/c11-10(12)3-1-2-8-14-9-4-6-13-7-5-9/h4-7H,1-3,8H2,(H3,11,12). The monoisotopic (exact) mass is 209 g/mol. The molecule has 1 rings (SSSR count). The van der Waals surface area contributed by atoms with Gasteiger partial charge in [0.25, 0.3) is 0 Å². The van der Waals surface area contributed by atoms with Gasteiger partial charge in [-0.05, 0) is 30.7 Å². The van der Waals surface area contributed by atoms with Crippen LogP contribution in [0.25, 0.3) is 0 Å². The summed E-state index contributed by atoms with van der Waals surface area (Å²) in [6.45, 7) is 0. The number of thioether (sulfide) groups is 1. The van der Waals surface area contributed by atoms with Gasteiger partial charge < -0.3 is 5.73 Å². The van der Waals surface area contributed by atoms with Crippen molar-refractivity contribution in [3.05, 3.63) is 24.5 Å². The summed E-state index contributed by atoms with van der Waals surface area (Å²) in [6, 6.07) is 4.02. The van der Waals surface area contributed by atoms with E-state index in [-0.39, 0.29) is 0 Å². The number of rotatable bonds is 6. The first-order valence-corrected chi connectivity index (χ1v) is 5.63. The van der Waals surface area contributed by atoms with E-state index >= 15 is 0 Å². The van der Waals surface area contributed by atoms with Crippen LogP contribution in [0.3, 0.4) is 0 Å². The van der Waals surface area contributed by atoms with Crippen molar-refractivity contribution in [1.82, 2.24) is 4.98 Å². The molecule has 1 heterocycles. The predicted octanol–water partition coefficient (Wildman–Crippen LogP) is 2.28. The van der Waals surface area contributed by atoms with Crippen LogP contribution in [0.2, 0.25) is 0 Å².